The average molecular weight is 269 g/mol. The van der Waals surface area contributed by atoms with E-state index >= 15 is 0 Å². The van der Waals surface area contributed by atoms with Gasteiger partial charge in [0.15, 0.2) is 6.10 Å². The first-order valence-electron chi connectivity index (χ1n) is 5.71. The van der Waals surface area contributed by atoms with Crippen LogP contribution in [0.1, 0.15) is 12.8 Å². The summed E-state index contributed by atoms with van der Waals surface area (Å²) in [5.41, 5.74) is -0.379. The molecule has 0 N–H and O–H groups in total. The number of halogens is 1. The van der Waals surface area contributed by atoms with E-state index in [9.17, 15) is 19.3 Å². The quantitative estimate of drug-likeness (QED) is 0.464. The summed E-state index contributed by atoms with van der Waals surface area (Å²) >= 11 is 0. The van der Waals surface area contributed by atoms with Crippen molar-refractivity contribution < 1.29 is 23.6 Å². The Morgan fingerprint density at radius 3 is 2.74 bits per heavy atom. The predicted octanol–water partition coefficient (Wildman–Crippen LogP) is 2.06. The molecule has 0 amide bonds. The summed E-state index contributed by atoms with van der Waals surface area (Å²) in [7, 11) is 1.21. The highest BCUT2D eigenvalue weighted by Crippen LogP contribution is 2.37. The van der Waals surface area contributed by atoms with E-state index < -0.39 is 22.8 Å². The van der Waals surface area contributed by atoms with Crippen LogP contribution in [0.3, 0.4) is 0 Å². The number of hydrogen-bond donors (Lipinski definition) is 0. The third-order valence-electron chi connectivity index (χ3n) is 2.86. The molecule has 0 bridgehead atoms. The highest BCUT2D eigenvalue weighted by Gasteiger charge is 2.40. The summed E-state index contributed by atoms with van der Waals surface area (Å²) in [6.07, 6.45) is 0.636. The highest BCUT2D eigenvalue weighted by molar-refractivity contribution is 5.76. The van der Waals surface area contributed by atoms with Gasteiger partial charge in [-0.1, -0.05) is 0 Å². The van der Waals surface area contributed by atoms with Crippen molar-refractivity contribution in [3.63, 3.8) is 0 Å². The molecule has 19 heavy (non-hydrogen) atoms. The van der Waals surface area contributed by atoms with Crippen molar-refractivity contribution in [2.24, 2.45) is 5.92 Å². The molecule has 0 radical (unpaired) electrons. The fraction of sp³-hybridized carbons (Fsp3) is 0.417. The van der Waals surface area contributed by atoms with Crippen molar-refractivity contribution >= 4 is 11.7 Å². The molecule has 0 heterocycles. The zero-order chi connectivity index (χ0) is 14.0. The minimum atomic E-state index is -0.925. The second-order valence-electron chi connectivity index (χ2n) is 4.27. The maximum atomic E-state index is 13.1. The lowest BCUT2D eigenvalue weighted by atomic mass is 10.2. The normalized spacial score (nSPS) is 15.7. The number of carbonyl (C=O) groups excluding carboxylic acids is 1. The van der Waals surface area contributed by atoms with Crippen LogP contribution in [0.2, 0.25) is 0 Å². The van der Waals surface area contributed by atoms with Gasteiger partial charge in [0.1, 0.15) is 5.82 Å². The Balaban J connectivity index is 2.27. The zero-order valence-corrected chi connectivity index (χ0v) is 10.2. The van der Waals surface area contributed by atoms with Crippen LogP contribution < -0.4 is 4.74 Å². The van der Waals surface area contributed by atoms with Crippen molar-refractivity contribution in [3.05, 3.63) is 34.1 Å². The molecule has 0 aliphatic heterocycles. The van der Waals surface area contributed by atoms with Crippen molar-refractivity contribution in [1.29, 1.82) is 0 Å². The molecule has 6 nitrogen and oxygen atoms in total. The van der Waals surface area contributed by atoms with E-state index in [1.54, 1.807) is 0 Å². The van der Waals surface area contributed by atoms with Crippen LogP contribution in [0, 0.1) is 21.8 Å². The van der Waals surface area contributed by atoms with E-state index in [2.05, 4.69) is 4.74 Å². The number of ether oxygens (including phenoxy) is 2. The first-order valence-corrected chi connectivity index (χ1v) is 5.71. The minimum Gasteiger partial charge on any atom is -0.471 e. The molecule has 1 aromatic carbocycles. The van der Waals surface area contributed by atoms with Gasteiger partial charge in [-0.2, -0.15) is 0 Å². The Hall–Kier alpha value is -2.18. The van der Waals surface area contributed by atoms with Gasteiger partial charge in [0.25, 0.3) is 0 Å². The van der Waals surface area contributed by atoms with Crippen molar-refractivity contribution in [3.8, 4) is 5.75 Å². The molecule has 1 unspecified atom stereocenters. The van der Waals surface area contributed by atoms with Crippen LogP contribution in [0.5, 0.6) is 5.75 Å². The third-order valence-corrected chi connectivity index (χ3v) is 2.86. The molecule has 102 valence electrons. The van der Waals surface area contributed by atoms with Gasteiger partial charge in [-0.25, -0.2) is 9.18 Å². The number of methoxy groups -OCH3 is 1. The number of nitro benzene ring substituents is 1. The topological polar surface area (TPSA) is 78.7 Å². The molecule has 0 spiro atoms. The maximum absolute atomic E-state index is 13.1. The number of benzene rings is 1. The third kappa shape index (κ3) is 2.98. The van der Waals surface area contributed by atoms with E-state index in [1.807, 2.05) is 0 Å². The second kappa shape index (κ2) is 5.21. The van der Waals surface area contributed by atoms with Gasteiger partial charge < -0.3 is 9.47 Å². The van der Waals surface area contributed by atoms with Crippen LogP contribution in [0.25, 0.3) is 0 Å². The van der Waals surface area contributed by atoms with Crippen LogP contribution in [-0.4, -0.2) is 24.1 Å². The van der Waals surface area contributed by atoms with Crippen LogP contribution >= 0.6 is 0 Å². The van der Waals surface area contributed by atoms with E-state index in [-0.39, 0.29) is 17.4 Å². The van der Waals surface area contributed by atoms with Crippen molar-refractivity contribution in [2.75, 3.05) is 7.11 Å². The number of hydrogen-bond acceptors (Lipinski definition) is 5. The van der Waals surface area contributed by atoms with Gasteiger partial charge >= 0.3 is 11.7 Å². The number of esters is 1. The summed E-state index contributed by atoms with van der Waals surface area (Å²) < 4.78 is 23.0. The second-order valence-corrected chi connectivity index (χ2v) is 4.27. The molecule has 0 aromatic heterocycles. The van der Waals surface area contributed by atoms with Gasteiger partial charge in [-0.15, -0.1) is 0 Å². The predicted molar refractivity (Wildman–Crippen MR) is 62.2 cm³/mol. The lowest BCUT2D eigenvalue weighted by Crippen LogP contribution is -2.30. The molecule has 1 aliphatic carbocycles. The minimum absolute atomic E-state index is 0.0321. The van der Waals surface area contributed by atoms with E-state index in [1.165, 1.54) is 7.11 Å². The molecule has 1 saturated carbocycles. The van der Waals surface area contributed by atoms with Gasteiger partial charge in [0, 0.05) is 18.1 Å². The summed E-state index contributed by atoms with van der Waals surface area (Å²) in [5, 5.41) is 10.8. The Morgan fingerprint density at radius 1 is 1.53 bits per heavy atom. The molecule has 7 heteroatoms. The molecule has 1 atom stereocenters. The van der Waals surface area contributed by atoms with Gasteiger partial charge in [0.05, 0.1) is 12.0 Å². The average Bonchev–Trinajstić information content (AvgIpc) is 3.19. The molecule has 0 saturated heterocycles. The van der Waals surface area contributed by atoms with Crippen LogP contribution in [0.15, 0.2) is 18.2 Å². The Kier molecular flexibility index (Phi) is 3.64. The van der Waals surface area contributed by atoms with E-state index in [0.29, 0.717) is 0 Å². The number of nitrogens with zero attached hydrogens (tertiary/aromatic N) is 1. The summed E-state index contributed by atoms with van der Waals surface area (Å²) in [6.45, 7) is 0. The highest BCUT2D eigenvalue weighted by atomic mass is 19.1. The largest absolute Gasteiger partial charge is 0.471 e. The maximum Gasteiger partial charge on any atom is 0.347 e. The molecule has 2 rings (SSSR count). The summed E-state index contributed by atoms with van der Waals surface area (Å²) in [4.78, 5) is 21.7. The van der Waals surface area contributed by atoms with E-state index in [0.717, 1.165) is 31.0 Å². The first-order chi connectivity index (χ1) is 9.02. The van der Waals surface area contributed by atoms with Crippen molar-refractivity contribution in [2.45, 2.75) is 18.9 Å². The molecular formula is C12H12FNO5. The fourth-order valence-corrected chi connectivity index (χ4v) is 1.72. The van der Waals surface area contributed by atoms with Crippen molar-refractivity contribution in [1.82, 2.24) is 0 Å². The molecule has 1 aromatic rings. The monoisotopic (exact) mass is 269 g/mol. The fourth-order valence-electron chi connectivity index (χ4n) is 1.72. The van der Waals surface area contributed by atoms with Crippen LogP contribution in [0.4, 0.5) is 10.1 Å². The Bertz CT molecular complexity index is 515. The van der Waals surface area contributed by atoms with Gasteiger partial charge in [-0.05, 0) is 18.9 Å². The van der Waals surface area contributed by atoms with Gasteiger partial charge in [0.2, 0.25) is 5.75 Å². The molecule has 1 aliphatic rings. The number of carbonyl (C=O) groups is 1. The standard InChI is InChI=1S/C12H12FNO5/c1-18-12(15)11(7-2-3-7)19-10-6-8(13)4-5-9(10)14(16)17/h4-7,11H,2-3H2,1H3. The summed E-state index contributed by atoms with van der Waals surface area (Å²) in [6, 6.07) is 2.87. The number of rotatable bonds is 5. The van der Waals surface area contributed by atoms with Gasteiger partial charge in [-0.3, -0.25) is 10.1 Å². The van der Waals surface area contributed by atoms with E-state index in [4.69, 9.17) is 4.74 Å². The number of nitro groups is 1. The SMILES string of the molecule is COC(=O)C(Oc1cc(F)ccc1[N+](=O)[O-])C1CC1. The molecular weight excluding hydrogens is 257 g/mol. The summed E-state index contributed by atoms with van der Waals surface area (Å²) in [5.74, 6) is -1.57. The molecule has 1 fully saturated rings. The lowest BCUT2D eigenvalue weighted by molar-refractivity contribution is -0.386. The Morgan fingerprint density at radius 2 is 2.21 bits per heavy atom. The Labute approximate surface area is 108 Å². The zero-order valence-electron chi connectivity index (χ0n) is 10.2. The smallest absolute Gasteiger partial charge is 0.347 e. The van der Waals surface area contributed by atoms with Crippen LogP contribution in [-0.2, 0) is 9.53 Å². The first kappa shape index (κ1) is 13.3. The lowest BCUT2D eigenvalue weighted by Gasteiger charge is -2.16.